The van der Waals surface area contributed by atoms with Crippen LogP contribution in [0.15, 0.2) is 40.3 Å². The minimum absolute atomic E-state index is 0.228. The van der Waals surface area contributed by atoms with Crippen molar-refractivity contribution in [2.75, 3.05) is 13.7 Å². The van der Waals surface area contributed by atoms with Gasteiger partial charge < -0.3 is 9.53 Å². The van der Waals surface area contributed by atoms with E-state index in [-0.39, 0.29) is 23.2 Å². The van der Waals surface area contributed by atoms with E-state index >= 15 is 0 Å². The maximum atomic E-state index is 13.6. The molecular weight excluding hydrogens is 390 g/mol. The van der Waals surface area contributed by atoms with Crippen LogP contribution in [0.2, 0.25) is 0 Å². The van der Waals surface area contributed by atoms with Gasteiger partial charge in [0.1, 0.15) is 6.29 Å². The Labute approximate surface area is 172 Å². The van der Waals surface area contributed by atoms with Gasteiger partial charge >= 0.3 is 5.97 Å². The van der Waals surface area contributed by atoms with Crippen LogP contribution in [0.1, 0.15) is 38.2 Å². The molecule has 0 unspecified atom stereocenters. The monoisotopic (exact) mass is 417 g/mol. The third-order valence-corrected chi connectivity index (χ3v) is 8.80. The molecule has 0 bridgehead atoms. The fourth-order valence-corrected chi connectivity index (χ4v) is 7.21. The van der Waals surface area contributed by atoms with Crippen LogP contribution in [0, 0.1) is 24.2 Å². The fourth-order valence-electron chi connectivity index (χ4n) is 5.48. The molecule has 0 amide bonds. The van der Waals surface area contributed by atoms with E-state index in [9.17, 15) is 18.0 Å². The summed E-state index contributed by atoms with van der Waals surface area (Å²) >= 11 is 0. The molecule has 0 radical (unpaired) electrons. The number of aryl methyl sites for hydroxylation is 1. The Morgan fingerprint density at radius 2 is 1.93 bits per heavy atom. The number of benzene rings is 1. The summed E-state index contributed by atoms with van der Waals surface area (Å²) in [5.74, 6) is -0.571. The Bertz CT molecular complexity index is 981. The molecule has 1 aromatic rings. The number of hydrogen-bond donors (Lipinski definition) is 0. The highest BCUT2D eigenvalue weighted by atomic mass is 32.2. The zero-order valence-electron chi connectivity index (χ0n) is 17.1. The molecule has 4 atom stereocenters. The highest BCUT2D eigenvalue weighted by Gasteiger charge is 2.56. The lowest BCUT2D eigenvalue weighted by molar-refractivity contribution is -0.146. The van der Waals surface area contributed by atoms with Gasteiger partial charge in [-0.3, -0.25) is 4.79 Å². The minimum Gasteiger partial charge on any atom is -0.469 e. The van der Waals surface area contributed by atoms with Crippen molar-refractivity contribution < 1.29 is 22.7 Å². The van der Waals surface area contributed by atoms with Crippen molar-refractivity contribution in [2.45, 2.75) is 50.5 Å². The molecule has 0 N–H and O–H groups in total. The van der Waals surface area contributed by atoms with Crippen molar-refractivity contribution in [3.8, 4) is 0 Å². The summed E-state index contributed by atoms with van der Waals surface area (Å²) in [4.78, 5) is 25.0. The minimum atomic E-state index is -3.77. The molecule has 6 nitrogen and oxygen atoms in total. The zero-order chi connectivity index (χ0) is 21.0. The number of nitrogens with zero attached hydrogens (tertiary/aromatic N) is 1. The van der Waals surface area contributed by atoms with Crippen molar-refractivity contribution >= 4 is 22.3 Å². The molecule has 4 rings (SSSR count). The first-order valence-corrected chi connectivity index (χ1v) is 11.5. The molecule has 0 saturated carbocycles. The molecule has 29 heavy (non-hydrogen) atoms. The quantitative estimate of drug-likeness (QED) is 0.428. The van der Waals surface area contributed by atoms with Crippen molar-refractivity contribution in [1.29, 1.82) is 0 Å². The first-order chi connectivity index (χ1) is 13.7. The van der Waals surface area contributed by atoms with Crippen LogP contribution < -0.4 is 0 Å². The average Bonchev–Trinajstić information content (AvgIpc) is 3.15. The van der Waals surface area contributed by atoms with E-state index in [1.807, 2.05) is 6.92 Å². The first kappa shape index (κ1) is 20.3. The normalized spacial score (nSPS) is 32.0. The van der Waals surface area contributed by atoms with Crippen LogP contribution in [0.3, 0.4) is 0 Å². The average molecular weight is 418 g/mol. The number of aldehydes is 1. The van der Waals surface area contributed by atoms with Crippen LogP contribution in [-0.2, 0) is 24.3 Å². The highest BCUT2D eigenvalue weighted by Crippen LogP contribution is 2.55. The molecule has 3 aliphatic rings. The van der Waals surface area contributed by atoms with Gasteiger partial charge in [-0.15, -0.1) is 0 Å². The summed E-state index contributed by atoms with van der Waals surface area (Å²) in [5.41, 5.74) is 2.00. The molecule has 0 aromatic heterocycles. The van der Waals surface area contributed by atoms with Crippen molar-refractivity contribution in [1.82, 2.24) is 4.31 Å². The third-order valence-electron chi connectivity index (χ3n) is 6.93. The molecule has 156 valence electrons. The lowest BCUT2D eigenvalue weighted by Crippen LogP contribution is -2.58. The molecule has 1 fully saturated rings. The third kappa shape index (κ3) is 3.06. The second-order valence-electron chi connectivity index (χ2n) is 8.74. The smallest absolute Gasteiger partial charge is 0.312 e. The number of piperidine rings is 1. The molecule has 1 aromatic carbocycles. The number of carbonyl (C=O) groups excluding carboxylic acids is 2. The predicted molar refractivity (Wildman–Crippen MR) is 108 cm³/mol. The second-order valence-corrected chi connectivity index (χ2v) is 10.6. The largest absolute Gasteiger partial charge is 0.469 e. The van der Waals surface area contributed by atoms with Gasteiger partial charge in [0, 0.05) is 12.0 Å². The van der Waals surface area contributed by atoms with E-state index < -0.39 is 27.4 Å². The van der Waals surface area contributed by atoms with Crippen molar-refractivity contribution in [3.63, 3.8) is 0 Å². The molecule has 7 heteroatoms. The van der Waals surface area contributed by atoms with Crippen molar-refractivity contribution in [2.24, 2.45) is 17.3 Å². The van der Waals surface area contributed by atoms with Crippen molar-refractivity contribution in [3.05, 3.63) is 41.0 Å². The summed E-state index contributed by atoms with van der Waals surface area (Å²) in [6, 6.07) is 6.28. The molecule has 1 aliphatic heterocycles. The number of rotatable bonds is 4. The van der Waals surface area contributed by atoms with Gasteiger partial charge in [-0.2, -0.15) is 4.31 Å². The van der Waals surface area contributed by atoms with Gasteiger partial charge in [0.05, 0.1) is 24.0 Å². The Kier molecular flexibility index (Phi) is 4.94. The Morgan fingerprint density at radius 3 is 2.55 bits per heavy atom. The van der Waals surface area contributed by atoms with Gasteiger partial charge in [-0.1, -0.05) is 30.2 Å². The standard InChI is InChI=1S/C22H27NO5S/c1-14-4-7-16(8-5-14)29(26,27)23-11-10-15-6-9-17-18(21(25)28-3)12-22(2,13-24)20(23)19(15)17/h4-5,7-8,13,15,18,20H,6,9-12H2,1-3H3/t15-,18-,20-,22-/m0/s1. The van der Waals surface area contributed by atoms with E-state index in [0.29, 0.717) is 13.0 Å². The molecule has 2 aliphatic carbocycles. The van der Waals surface area contributed by atoms with E-state index in [4.69, 9.17) is 4.74 Å². The van der Waals surface area contributed by atoms with Gasteiger partial charge in [0.25, 0.3) is 0 Å². The molecular formula is C22H27NO5S. The number of ether oxygens (including phenoxy) is 1. The van der Waals surface area contributed by atoms with Gasteiger partial charge in [0.2, 0.25) is 10.0 Å². The number of methoxy groups -OCH3 is 1. The van der Waals surface area contributed by atoms with Crippen LogP contribution in [0.25, 0.3) is 0 Å². The van der Waals surface area contributed by atoms with E-state index in [1.54, 1.807) is 31.2 Å². The van der Waals surface area contributed by atoms with E-state index in [1.165, 1.54) is 11.4 Å². The SMILES string of the molecule is COC(=O)[C@H]1C[C@@](C)(C=O)[C@@H]2C3=C1CC[C@H]3CCN2S(=O)(=O)c1ccc(C)cc1. The van der Waals surface area contributed by atoms with E-state index in [0.717, 1.165) is 35.8 Å². The Balaban J connectivity index is 1.85. The maximum absolute atomic E-state index is 13.6. The lowest BCUT2D eigenvalue weighted by atomic mass is 9.63. The zero-order valence-corrected chi connectivity index (χ0v) is 17.9. The number of carbonyl (C=O) groups is 2. The van der Waals surface area contributed by atoms with Gasteiger partial charge in [-0.05, 0) is 56.2 Å². The molecule has 0 spiro atoms. The predicted octanol–water partition coefficient (Wildman–Crippen LogP) is 2.86. The second kappa shape index (κ2) is 7.06. The van der Waals surface area contributed by atoms with Crippen LogP contribution in [0.4, 0.5) is 0 Å². The summed E-state index contributed by atoms with van der Waals surface area (Å²) < 4.78 is 33.6. The molecule has 1 heterocycles. The summed E-state index contributed by atoms with van der Waals surface area (Å²) in [6.07, 6.45) is 3.50. The Morgan fingerprint density at radius 1 is 1.24 bits per heavy atom. The number of esters is 1. The fraction of sp³-hybridized carbons (Fsp3) is 0.545. The maximum Gasteiger partial charge on any atom is 0.312 e. The summed E-state index contributed by atoms with van der Waals surface area (Å²) in [5, 5.41) is 0. The summed E-state index contributed by atoms with van der Waals surface area (Å²) in [7, 11) is -2.41. The highest BCUT2D eigenvalue weighted by molar-refractivity contribution is 7.89. The van der Waals surface area contributed by atoms with Crippen LogP contribution in [-0.4, -0.2) is 44.7 Å². The van der Waals surface area contributed by atoms with Crippen LogP contribution >= 0.6 is 0 Å². The topological polar surface area (TPSA) is 80.8 Å². The summed E-state index contributed by atoms with van der Waals surface area (Å²) in [6.45, 7) is 4.08. The lowest BCUT2D eigenvalue weighted by Gasteiger charge is -2.50. The number of hydrogen-bond acceptors (Lipinski definition) is 5. The molecule has 1 saturated heterocycles. The van der Waals surface area contributed by atoms with Gasteiger partial charge in [-0.25, -0.2) is 8.42 Å². The van der Waals surface area contributed by atoms with Gasteiger partial charge in [0.15, 0.2) is 0 Å². The van der Waals surface area contributed by atoms with Crippen LogP contribution in [0.5, 0.6) is 0 Å². The van der Waals surface area contributed by atoms with E-state index in [2.05, 4.69) is 0 Å². The Hall–Kier alpha value is -1.99. The number of sulfonamides is 1. The first-order valence-electron chi connectivity index (χ1n) is 10.1.